The third kappa shape index (κ3) is 3.81. The van der Waals surface area contributed by atoms with Gasteiger partial charge in [0.25, 0.3) is 0 Å². The lowest BCUT2D eigenvalue weighted by atomic mass is 10.2. The quantitative estimate of drug-likeness (QED) is 0.758. The highest BCUT2D eigenvalue weighted by Crippen LogP contribution is 2.21. The van der Waals surface area contributed by atoms with Crippen LogP contribution in [0.25, 0.3) is 0 Å². The lowest BCUT2D eigenvalue weighted by molar-refractivity contribution is 0.438. The molecule has 0 unspecified atom stereocenters. The van der Waals surface area contributed by atoms with E-state index in [0.717, 1.165) is 18.6 Å². The molecule has 88 valence electrons. The number of hydrogen-bond acceptors (Lipinski definition) is 2. The first kappa shape index (κ1) is 13.1. The monoisotopic (exact) mass is 227 g/mol. The van der Waals surface area contributed by atoms with E-state index in [4.69, 9.17) is 10.00 Å². The largest absolute Gasteiger partial charge is 0.456 e. The summed E-state index contributed by atoms with van der Waals surface area (Å²) in [7, 11) is 0. The van der Waals surface area contributed by atoms with Gasteiger partial charge in [0.15, 0.2) is 0 Å². The predicted molar refractivity (Wildman–Crippen MR) is 69.6 cm³/mol. The van der Waals surface area contributed by atoms with Crippen molar-refractivity contribution in [3.8, 4) is 11.8 Å². The van der Waals surface area contributed by atoms with E-state index in [0.29, 0.717) is 11.3 Å². The molecule has 0 aromatic heterocycles. The van der Waals surface area contributed by atoms with E-state index in [9.17, 15) is 0 Å². The van der Waals surface area contributed by atoms with Gasteiger partial charge < -0.3 is 4.74 Å². The summed E-state index contributed by atoms with van der Waals surface area (Å²) in [6.45, 7) is 4.00. The molecule has 1 aromatic rings. The number of benzene rings is 1. The minimum atomic E-state index is 0.567. The maximum absolute atomic E-state index is 8.88. The molecule has 0 atom stereocenters. The summed E-state index contributed by atoms with van der Waals surface area (Å²) in [4.78, 5) is 0. The van der Waals surface area contributed by atoms with Crippen molar-refractivity contribution in [1.29, 1.82) is 5.26 Å². The lowest BCUT2D eigenvalue weighted by Gasteiger charge is -2.10. The smallest absolute Gasteiger partial charge is 0.145 e. The van der Waals surface area contributed by atoms with Crippen molar-refractivity contribution in [1.82, 2.24) is 0 Å². The van der Waals surface area contributed by atoms with E-state index in [2.05, 4.69) is 12.1 Å². The molecule has 0 saturated carbocycles. The maximum Gasteiger partial charge on any atom is 0.145 e. The zero-order valence-corrected chi connectivity index (χ0v) is 10.3. The molecule has 17 heavy (non-hydrogen) atoms. The molecule has 0 fully saturated rings. The number of nitrogens with zero attached hydrogens (tertiary/aromatic N) is 1. The highest BCUT2D eigenvalue weighted by atomic mass is 16.5. The predicted octanol–water partition coefficient (Wildman–Crippen LogP) is 4.20. The molecule has 0 radical (unpaired) electrons. The highest BCUT2D eigenvalue weighted by molar-refractivity contribution is 5.44. The van der Waals surface area contributed by atoms with Crippen molar-refractivity contribution in [2.75, 3.05) is 0 Å². The van der Waals surface area contributed by atoms with Gasteiger partial charge in [-0.2, -0.15) is 5.26 Å². The fraction of sp³-hybridized carbons (Fsp3) is 0.267. The van der Waals surface area contributed by atoms with Crippen molar-refractivity contribution in [3.63, 3.8) is 0 Å². The molecule has 0 saturated heterocycles. The van der Waals surface area contributed by atoms with Crippen LogP contribution >= 0.6 is 0 Å². The average Bonchev–Trinajstić information content (AvgIpc) is 2.43. The summed E-state index contributed by atoms with van der Waals surface area (Å²) >= 11 is 0. The molecule has 1 aromatic carbocycles. The first-order chi connectivity index (χ1) is 8.40. The summed E-state index contributed by atoms with van der Waals surface area (Å²) in [5, 5.41) is 8.88. The zero-order chi connectivity index (χ0) is 12.5. The van der Waals surface area contributed by atoms with Crippen molar-refractivity contribution in [3.05, 3.63) is 53.8 Å². The van der Waals surface area contributed by atoms with Gasteiger partial charge in [0.1, 0.15) is 17.6 Å². The van der Waals surface area contributed by atoms with Crippen LogP contribution in [0.1, 0.15) is 32.3 Å². The fourth-order valence-electron chi connectivity index (χ4n) is 1.44. The van der Waals surface area contributed by atoms with Gasteiger partial charge in [-0.1, -0.05) is 32.1 Å². The second kappa shape index (κ2) is 7.29. The number of allylic oxidation sites excluding steroid dienone is 3. The topological polar surface area (TPSA) is 33.0 Å². The van der Waals surface area contributed by atoms with E-state index in [1.54, 1.807) is 6.07 Å². The number of para-hydroxylation sites is 1. The molecule has 0 bridgehead atoms. The van der Waals surface area contributed by atoms with Crippen LogP contribution in [-0.2, 0) is 0 Å². The SMILES string of the molecule is CC.N#Cc1ccccc1OC1=CCCC=C1. The van der Waals surface area contributed by atoms with Crippen molar-refractivity contribution < 1.29 is 4.74 Å². The van der Waals surface area contributed by atoms with Gasteiger partial charge in [-0.3, -0.25) is 0 Å². The molecule has 0 N–H and O–H groups in total. The fourth-order valence-corrected chi connectivity index (χ4v) is 1.44. The van der Waals surface area contributed by atoms with E-state index < -0.39 is 0 Å². The van der Waals surface area contributed by atoms with Gasteiger partial charge in [-0.15, -0.1) is 0 Å². The van der Waals surface area contributed by atoms with E-state index in [-0.39, 0.29) is 0 Å². The molecule has 2 rings (SSSR count). The first-order valence-electron chi connectivity index (χ1n) is 5.94. The van der Waals surface area contributed by atoms with Crippen LogP contribution in [0, 0.1) is 11.3 Å². The number of hydrogen-bond donors (Lipinski definition) is 0. The Bertz CT molecular complexity index is 452. The van der Waals surface area contributed by atoms with Crippen LogP contribution in [0.4, 0.5) is 0 Å². The number of rotatable bonds is 2. The normalized spacial score (nSPS) is 12.9. The van der Waals surface area contributed by atoms with E-state index >= 15 is 0 Å². The molecule has 1 aliphatic carbocycles. The summed E-state index contributed by atoms with van der Waals surface area (Å²) in [6.07, 6.45) is 8.11. The number of nitriles is 1. The minimum absolute atomic E-state index is 0.567. The van der Waals surface area contributed by atoms with Gasteiger partial charge in [-0.25, -0.2) is 0 Å². The van der Waals surface area contributed by atoms with Crippen LogP contribution in [0.15, 0.2) is 48.3 Å². The van der Waals surface area contributed by atoms with Gasteiger partial charge in [-0.05, 0) is 37.1 Å². The van der Waals surface area contributed by atoms with E-state index in [1.165, 1.54) is 0 Å². The van der Waals surface area contributed by atoms with Gasteiger partial charge >= 0.3 is 0 Å². The Morgan fingerprint density at radius 1 is 1.18 bits per heavy atom. The average molecular weight is 227 g/mol. The molecule has 2 heteroatoms. The van der Waals surface area contributed by atoms with Crippen LogP contribution in [0.3, 0.4) is 0 Å². The van der Waals surface area contributed by atoms with Crippen molar-refractivity contribution in [2.24, 2.45) is 0 Å². The Balaban J connectivity index is 0.000000686. The second-order valence-corrected chi connectivity index (χ2v) is 3.30. The second-order valence-electron chi connectivity index (χ2n) is 3.30. The van der Waals surface area contributed by atoms with Crippen LogP contribution in [0.5, 0.6) is 5.75 Å². The Kier molecular flexibility index (Phi) is 5.60. The van der Waals surface area contributed by atoms with Crippen LogP contribution in [0.2, 0.25) is 0 Å². The van der Waals surface area contributed by atoms with Crippen LogP contribution in [-0.4, -0.2) is 0 Å². The number of ether oxygens (including phenoxy) is 1. The standard InChI is InChI=1S/C13H11NO.C2H6/c14-10-11-6-4-5-9-13(11)15-12-7-2-1-3-8-12;1-2/h2,4-9H,1,3H2;1-2H3. The Morgan fingerprint density at radius 3 is 2.59 bits per heavy atom. The highest BCUT2D eigenvalue weighted by Gasteiger charge is 2.04. The summed E-state index contributed by atoms with van der Waals surface area (Å²) in [5.41, 5.74) is 0.567. The Hall–Kier alpha value is -2.01. The summed E-state index contributed by atoms with van der Waals surface area (Å²) in [6, 6.07) is 9.36. The molecule has 1 aliphatic rings. The molecular formula is C15H17NO. The zero-order valence-electron chi connectivity index (χ0n) is 10.3. The van der Waals surface area contributed by atoms with Gasteiger partial charge in [0, 0.05) is 0 Å². The van der Waals surface area contributed by atoms with Gasteiger partial charge in [0.2, 0.25) is 0 Å². The minimum Gasteiger partial charge on any atom is -0.456 e. The first-order valence-corrected chi connectivity index (χ1v) is 5.94. The van der Waals surface area contributed by atoms with Crippen molar-refractivity contribution >= 4 is 0 Å². The molecular weight excluding hydrogens is 210 g/mol. The summed E-state index contributed by atoms with van der Waals surface area (Å²) in [5.74, 6) is 1.45. The lowest BCUT2D eigenvalue weighted by Crippen LogP contribution is -1.96. The summed E-state index contributed by atoms with van der Waals surface area (Å²) < 4.78 is 5.63. The van der Waals surface area contributed by atoms with E-state index in [1.807, 2.05) is 44.2 Å². The third-order valence-electron chi connectivity index (χ3n) is 2.20. The Labute approximate surface area is 103 Å². The molecule has 2 nitrogen and oxygen atoms in total. The maximum atomic E-state index is 8.88. The molecule has 0 amide bonds. The molecule has 0 heterocycles. The van der Waals surface area contributed by atoms with Gasteiger partial charge in [0.05, 0.1) is 5.56 Å². The molecule has 0 aliphatic heterocycles. The van der Waals surface area contributed by atoms with Crippen LogP contribution < -0.4 is 4.74 Å². The van der Waals surface area contributed by atoms with Crippen molar-refractivity contribution in [2.45, 2.75) is 26.7 Å². The third-order valence-corrected chi connectivity index (χ3v) is 2.20. The Morgan fingerprint density at radius 2 is 1.94 bits per heavy atom. The molecule has 0 spiro atoms.